The summed E-state index contributed by atoms with van der Waals surface area (Å²) in [4.78, 5) is 8.41. The molecule has 0 saturated carbocycles. The summed E-state index contributed by atoms with van der Waals surface area (Å²) in [6.45, 7) is 8.53. The molecule has 0 aliphatic carbocycles. The van der Waals surface area contributed by atoms with E-state index in [0.717, 1.165) is 18.5 Å². The number of hydrogen-bond donors (Lipinski definition) is 2. The van der Waals surface area contributed by atoms with E-state index in [-0.39, 0.29) is 23.2 Å². The Labute approximate surface area is 186 Å². The predicted molar refractivity (Wildman–Crippen MR) is 120 cm³/mol. The first-order chi connectivity index (χ1) is 15.3. The third-order valence-electron chi connectivity index (χ3n) is 6.79. The van der Waals surface area contributed by atoms with Crippen molar-refractivity contribution in [1.82, 2.24) is 30.0 Å². The van der Waals surface area contributed by atoms with Crippen LogP contribution in [0, 0.1) is 11.8 Å². The minimum Gasteiger partial charge on any atom is -0.507 e. The molecule has 2 unspecified atom stereocenters. The number of aromatic nitrogens is 5. The summed E-state index contributed by atoms with van der Waals surface area (Å²) in [6.07, 6.45) is 8.20. The lowest BCUT2D eigenvalue weighted by atomic mass is 9.66. The van der Waals surface area contributed by atoms with Gasteiger partial charge in [-0.05, 0) is 49.8 Å². The molecular formula is C24H27FN6O. The molecular weight excluding hydrogens is 407 g/mol. The summed E-state index contributed by atoms with van der Waals surface area (Å²) in [5.74, 6) is 0.536. The molecule has 0 radical (unpaired) electrons. The maximum absolute atomic E-state index is 15.3. The standard InChI is InChI=1S/C24H27FN6O/c1-14-8-19-22(25)18(11-24(3,10-14)28-19)15(2)20-12-27-23(30-29-20)17-5-4-16(9-21(17)32)31-7-6-26-13-31/h4-7,9,12-14,18-19,22,28,32H,2,8,10-11H2,1,3H3/t14-,18?,19?,22+,24-/m0/s1. The Morgan fingerprint density at radius 2 is 2.16 bits per heavy atom. The van der Waals surface area contributed by atoms with Crippen molar-refractivity contribution in [1.29, 1.82) is 0 Å². The number of halogens is 1. The lowest BCUT2D eigenvalue weighted by molar-refractivity contribution is 0.0313. The minimum absolute atomic E-state index is 0.0432. The Morgan fingerprint density at radius 1 is 1.31 bits per heavy atom. The summed E-state index contributed by atoms with van der Waals surface area (Å²) in [6, 6.07) is 5.04. The van der Waals surface area contributed by atoms with Gasteiger partial charge in [-0.15, -0.1) is 10.2 Å². The number of benzene rings is 1. The number of allylic oxidation sites excluding steroid dienone is 1. The molecule has 2 bridgehead atoms. The Bertz CT molecular complexity index is 1130. The fourth-order valence-corrected chi connectivity index (χ4v) is 5.41. The molecule has 4 heterocycles. The molecule has 7 nitrogen and oxygen atoms in total. The van der Waals surface area contributed by atoms with Gasteiger partial charge >= 0.3 is 0 Å². The molecule has 0 amide bonds. The number of alkyl halides is 1. The topological polar surface area (TPSA) is 88.8 Å². The molecule has 32 heavy (non-hydrogen) atoms. The van der Waals surface area contributed by atoms with Crippen LogP contribution in [0.4, 0.5) is 4.39 Å². The number of aromatic hydroxyl groups is 1. The number of phenols is 1. The average molecular weight is 435 g/mol. The van der Waals surface area contributed by atoms with E-state index in [9.17, 15) is 5.11 Å². The van der Waals surface area contributed by atoms with E-state index in [1.165, 1.54) is 0 Å². The number of rotatable bonds is 4. The van der Waals surface area contributed by atoms with Crippen molar-refractivity contribution in [2.45, 2.75) is 50.9 Å². The van der Waals surface area contributed by atoms with Crippen molar-refractivity contribution in [3.63, 3.8) is 0 Å². The van der Waals surface area contributed by atoms with E-state index in [1.54, 1.807) is 41.6 Å². The van der Waals surface area contributed by atoms with Crippen LogP contribution in [0.25, 0.3) is 22.6 Å². The number of hydrogen-bond acceptors (Lipinski definition) is 6. The van der Waals surface area contributed by atoms with Gasteiger partial charge in [0.1, 0.15) is 17.6 Å². The van der Waals surface area contributed by atoms with E-state index in [4.69, 9.17) is 0 Å². The third kappa shape index (κ3) is 3.68. The maximum Gasteiger partial charge on any atom is 0.185 e. The SMILES string of the molecule is C=C(c1cnc(-c2ccc(-n3ccnc3)cc2O)nn1)C1C[C@]2(C)C[C@@H](C)CC(N2)[C@@H]1F. The Morgan fingerprint density at radius 3 is 2.84 bits per heavy atom. The van der Waals surface area contributed by atoms with Crippen molar-refractivity contribution >= 4 is 5.57 Å². The molecule has 0 spiro atoms. The Kier molecular flexibility index (Phi) is 5.04. The second-order valence-corrected chi connectivity index (χ2v) is 9.48. The fourth-order valence-electron chi connectivity index (χ4n) is 5.41. The number of nitrogens with zero attached hydrogens (tertiary/aromatic N) is 5. The largest absolute Gasteiger partial charge is 0.507 e. The van der Waals surface area contributed by atoms with Gasteiger partial charge in [0.2, 0.25) is 0 Å². The number of piperidine rings is 2. The zero-order valence-corrected chi connectivity index (χ0v) is 18.2. The minimum atomic E-state index is -1.01. The smallest absolute Gasteiger partial charge is 0.185 e. The molecule has 5 rings (SSSR count). The molecule has 2 aliphatic rings. The van der Waals surface area contributed by atoms with Crippen molar-refractivity contribution in [2.75, 3.05) is 0 Å². The van der Waals surface area contributed by atoms with Crippen LogP contribution in [0.15, 0.2) is 49.7 Å². The van der Waals surface area contributed by atoms with Gasteiger partial charge in [-0.2, -0.15) is 0 Å². The zero-order chi connectivity index (χ0) is 22.5. The zero-order valence-electron chi connectivity index (χ0n) is 18.2. The van der Waals surface area contributed by atoms with Crippen LogP contribution in [0.1, 0.15) is 38.8 Å². The van der Waals surface area contributed by atoms with E-state index in [2.05, 4.69) is 45.9 Å². The van der Waals surface area contributed by atoms with Gasteiger partial charge in [-0.3, -0.25) is 0 Å². The van der Waals surface area contributed by atoms with Crippen LogP contribution in [0.3, 0.4) is 0 Å². The molecule has 1 aromatic carbocycles. The van der Waals surface area contributed by atoms with E-state index in [0.29, 0.717) is 35.0 Å². The monoisotopic (exact) mass is 434 g/mol. The first-order valence-corrected chi connectivity index (χ1v) is 11.0. The summed E-state index contributed by atoms with van der Waals surface area (Å²) >= 11 is 0. The normalized spacial score (nSPS) is 29.6. The summed E-state index contributed by atoms with van der Waals surface area (Å²) in [5, 5.41) is 22.5. The highest BCUT2D eigenvalue weighted by Gasteiger charge is 2.48. The van der Waals surface area contributed by atoms with Crippen LogP contribution in [0.2, 0.25) is 0 Å². The van der Waals surface area contributed by atoms with E-state index in [1.807, 2.05) is 6.07 Å². The third-order valence-corrected chi connectivity index (χ3v) is 6.79. The number of nitrogens with one attached hydrogen (secondary N) is 1. The predicted octanol–water partition coefficient (Wildman–Crippen LogP) is 3.95. The van der Waals surface area contributed by atoms with Crippen LogP contribution in [-0.4, -0.2) is 47.6 Å². The lowest BCUT2D eigenvalue weighted by Crippen LogP contribution is -2.63. The lowest BCUT2D eigenvalue weighted by Gasteiger charge is -2.51. The number of imidazole rings is 1. The van der Waals surface area contributed by atoms with Gasteiger partial charge in [-0.1, -0.05) is 13.5 Å². The fraction of sp³-hybridized carbons (Fsp3) is 0.417. The summed E-state index contributed by atoms with van der Waals surface area (Å²) in [7, 11) is 0. The molecule has 5 atom stereocenters. The van der Waals surface area contributed by atoms with Crippen LogP contribution in [-0.2, 0) is 0 Å². The molecule has 2 fully saturated rings. The van der Waals surface area contributed by atoms with Gasteiger partial charge in [0.05, 0.1) is 23.8 Å². The average Bonchev–Trinajstić information content (AvgIpc) is 3.30. The maximum atomic E-state index is 15.3. The molecule has 2 aliphatic heterocycles. The molecule has 2 aromatic heterocycles. The van der Waals surface area contributed by atoms with Gasteiger partial charge < -0.3 is 15.0 Å². The van der Waals surface area contributed by atoms with Crippen LogP contribution >= 0.6 is 0 Å². The van der Waals surface area contributed by atoms with Crippen molar-refractivity contribution in [2.24, 2.45) is 11.8 Å². The van der Waals surface area contributed by atoms with Crippen molar-refractivity contribution in [3.8, 4) is 22.8 Å². The van der Waals surface area contributed by atoms with Crippen LogP contribution < -0.4 is 5.32 Å². The highest BCUT2D eigenvalue weighted by atomic mass is 19.1. The van der Waals surface area contributed by atoms with Crippen molar-refractivity contribution < 1.29 is 9.50 Å². The van der Waals surface area contributed by atoms with E-state index < -0.39 is 6.17 Å². The number of fused-ring (bicyclic) bond motifs is 2. The molecule has 166 valence electrons. The summed E-state index contributed by atoms with van der Waals surface area (Å²) in [5.41, 5.74) is 2.28. The van der Waals surface area contributed by atoms with Gasteiger partial charge in [0.15, 0.2) is 5.82 Å². The molecule has 8 heteroatoms. The van der Waals surface area contributed by atoms with E-state index >= 15 is 4.39 Å². The summed E-state index contributed by atoms with van der Waals surface area (Å²) < 4.78 is 17.1. The highest BCUT2D eigenvalue weighted by Crippen LogP contribution is 2.44. The van der Waals surface area contributed by atoms with Gasteiger partial charge in [0, 0.05) is 36.0 Å². The van der Waals surface area contributed by atoms with Gasteiger partial charge in [-0.25, -0.2) is 14.4 Å². The van der Waals surface area contributed by atoms with Gasteiger partial charge in [0.25, 0.3) is 0 Å². The first kappa shape index (κ1) is 20.8. The first-order valence-electron chi connectivity index (χ1n) is 11.0. The molecule has 3 aromatic rings. The Hall–Kier alpha value is -3.13. The van der Waals surface area contributed by atoms with Crippen LogP contribution in [0.5, 0.6) is 5.75 Å². The molecule has 2 saturated heterocycles. The second kappa shape index (κ2) is 7.78. The highest BCUT2D eigenvalue weighted by molar-refractivity contribution is 5.67. The molecule has 2 N–H and O–H groups in total. The quantitative estimate of drug-likeness (QED) is 0.646. The number of phenolic OH excluding ortho intramolecular Hbond substituents is 1. The second-order valence-electron chi connectivity index (χ2n) is 9.48. The van der Waals surface area contributed by atoms with Crippen molar-refractivity contribution in [3.05, 3.63) is 55.4 Å². The Balaban J connectivity index is 1.36.